The molecule has 4 heteroatoms. The maximum Gasteiger partial charge on any atom is 0.130 e. The van der Waals surface area contributed by atoms with Gasteiger partial charge in [-0.1, -0.05) is 29.3 Å². The Morgan fingerprint density at radius 3 is 2.86 bits per heavy atom. The predicted molar refractivity (Wildman–Crippen MR) is 91.6 cm³/mol. The van der Waals surface area contributed by atoms with Crippen molar-refractivity contribution in [3.8, 4) is 0 Å². The van der Waals surface area contributed by atoms with Crippen molar-refractivity contribution in [1.82, 2.24) is 14.9 Å². The number of aromatic nitrogens is 2. The van der Waals surface area contributed by atoms with Gasteiger partial charge in [-0.3, -0.25) is 0 Å². The molecule has 1 unspecified atom stereocenters. The second kappa shape index (κ2) is 5.73. The Bertz CT molecular complexity index is 639. The minimum absolute atomic E-state index is 0.0600. The molecule has 0 radical (unpaired) electrons. The van der Waals surface area contributed by atoms with Crippen LogP contribution in [0.2, 0.25) is 0 Å². The Balaban J connectivity index is 2.23. The molecule has 1 atom stereocenters. The van der Waals surface area contributed by atoms with Crippen molar-refractivity contribution in [1.29, 1.82) is 0 Å². The Morgan fingerprint density at radius 2 is 2.24 bits per heavy atom. The van der Waals surface area contributed by atoms with Crippen molar-refractivity contribution >= 4 is 27.0 Å². The lowest BCUT2D eigenvalue weighted by Crippen LogP contribution is -2.39. The summed E-state index contributed by atoms with van der Waals surface area (Å²) in [5.41, 5.74) is 2.40. The molecule has 0 saturated carbocycles. The Morgan fingerprint density at radius 1 is 1.43 bits per heavy atom. The fraction of sp³-hybridized carbons (Fsp3) is 0.588. The van der Waals surface area contributed by atoms with Crippen LogP contribution in [0.3, 0.4) is 0 Å². The highest BCUT2D eigenvalue weighted by Gasteiger charge is 2.39. The first-order valence-electron chi connectivity index (χ1n) is 8.00. The molecule has 1 fully saturated rings. The van der Waals surface area contributed by atoms with Crippen LogP contribution in [0.1, 0.15) is 58.3 Å². The molecular formula is C17H24BrN3. The first-order chi connectivity index (χ1) is 10.1. The van der Waals surface area contributed by atoms with Crippen LogP contribution in [-0.4, -0.2) is 16.1 Å². The molecule has 1 aliphatic rings. The van der Waals surface area contributed by atoms with Crippen LogP contribution >= 0.6 is 15.9 Å². The van der Waals surface area contributed by atoms with E-state index in [0.717, 1.165) is 23.0 Å². The van der Waals surface area contributed by atoms with Gasteiger partial charge in [0.25, 0.3) is 0 Å². The van der Waals surface area contributed by atoms with Gasteiger partial charge in [0.05, 0.1) is 16.6 Å². The number of benzene rings is 1. The van der Waals surface area contributed by atoms with Gasteiger partial charge in [0.1, 0.15) is 5.82 Å². The van der Waals surface area contributed by atoms with E-state index in [-0.39, 0.29) is 5.54 Å². The molecule has 0 aliphatic carbocycles. The lowest BCUT2D eigenvalue weighted by atomic mass is 9.90. The lowest BCUT2D eigenvalue weighted by molar-refractivity contribution is 0.316. The summed E-state index contributed by atoms with van der Waals surface area (Å²) in [5.74, 6) is 1.23. The SMILES string of the molecule is CCCC1(c2nc3cc(Br)ccc3n2C(C)C)CCCN1. The predicted octanol–water partition coefficient (Wildman–Crippen LogP) is 4.76. The minimum atomic E-state index is 0.0600. The number of nitrogens with one attached hydrogen (secondary N) is 1. The maximum absolute atomic E-state index is 5.04. The van der Waals surface area contributed by atoms with Gasteiger partial charge in [-0.2, -0.15) is 0 Å². The number of rotatable bonds is 4. The topological polar surface area (TPSA) is 29.9 Å². The number of fused-ring (bicyclic) bond motifs is 1. The minimum Gasteiger partial charge on any atom is -0.324 e. The summed E-state index contributed by atoms with van der Waals surface area (Å²) < 4.78 is 3.52. The zero-order valence-electron chi connectivity index (χ0n) is 13.1. The highest BCUT2D eigenvalue weighted by atomic mass is 79.9. The summed E-state index contributed by atoms with van der Waals surface area (Å²) in [7, 11) is 0. The molecule has 2 aromatic rings. The van der Waals surface area contributed by atoms with Crippen molar-refractivity contribution in [2.45, 2.75) is 58.0 Å². The number of nitrogens with zero attached hydrogens (tertiary/aromatic N) is 2. The molecule has 1 N–H and O–H groups in total. The summed E-state index contributed by atoms with van der Waals surface area (Å²) in [5, 5.41) is 3.76. The molecular weight excluding hydrogens is 326 g/mol. The highest BCUT2D eigenvalue weighted by Crippen LogP contribution is 2.38. The second-order valence-corrected chi connectivity index (χ2v) is 7.31. The summed E-state index contributed by atoms with van der Waals surface area (Å²) in [4.78, 5) is 5.04. The second-order valence-electron chi connectivity index (χ2n) is 6.39. The number of imidazole rings is 1. The first kappa shape index (κ1) is 15.0. The molecule has 1 aromatic heterocycles. The summed E-state index contributed by atoms with van der Waals surface area (Å²) in [6.45, 7) is 7.87. The molecule has 1 aromatic carbocycles. The Labute approximate surface area is 135 Å². The normalized spacial score (nSPS) is 22.5. The van der Waals surface area contributed by atoms with Gasteiger partial charge in [0.2, 0.25) is 0 Å². The van der Waals surface area contributed by atoms with Gasteiger partial charge in [-0.15, -0.1) is 0 Å². The van der Waals surface area contributed by atoms with Crippen LogP contribution in [0.25, 0.3) is 11.0 Å². The van der Waals surface area contributed by atoms with Gasteiger partial charge < -0.3 is 9.88 Å². The van der Waals surface area contributed by atoms with Crippen LogP contribution in [0.15, 0.2) is 22.7 Å². The summed E-state index contributed by atoms with van der Waals surface area (Å²) in [6.07, 6.45) is 4.77. The molecule has 0 amide bonds. The molecule has 0 bridgehead atoms. The van der Waals surface area contributed by atoms with E-state index in [4.69, 9.17) is 4.98 Å². The van der Waals surface area contributed by atoms with E-state index < -0.39 is 0 Å². The third-order valence-electron chi connectivity index (χ3n) is 4.52. The molecule has 0 spiro atoms. The molecule has 2 heterocycles. The average Bonchev–Trinajstić information content (AvgIpc) is 3.03. The van der Waals surface area contributed by atoms with Crippen LogP contribution in [-0.2, 0) is 5.54 Å². The Hall–Kier alpha value is -0.870. The zero-order chi connectivity index (χ0) is 15.0. The van der Waals surface area contributed by atoms with Crippen molar-refractivity contribution in [2.24, 2.45) is 0 Å². The van der Waals surface area contributed by atoms with Gasteiger partial charge in [-0.05, 0) is 57.9 Å². The monoisotopic (exact) mass is 349 g/mol. The standard InChI is InChI=1S/C17H24BrN3/c1-4-8-17(9-5-10-19-17)16-20-14-11-13(18)6-7-15(14)21(16)12(2)3/h6-7,11-12,19H,4-5,8-10H2,1-3H3. The van der Waals surface area contributed by atoms with Gasteiger partial charge in [0.15, 0.2) is 0 Å². The number of halogens is 1. The van der Waals surface area contributed by atoms with Crippen LogP contribution in [0.5, 0.6) is 0 Å². The lowest BCUT2D eigenvalue weighted by Gasteiger charge is -2.30. The van der Waals surface area contributed by atoms with E-state index in [0.29, 0.717) is 6.04 Å². The van der Waals surface area contributed by atoms with Crippen molar-refractivity contribution in [2.75, 3.05) is 6.54 Å². The number of hydrogen-bond acceptors (Lipinski definition) is 2. The quantitative estimate of drug-likeness (QED) is 0.862. The molecule has 21 heavy (non-hydrogen) atoms. The molecule has 114 valence electrons. The molecule has 1 aliphatic heterocycles. The largest absolute Gasteiger partial charge is 0.324 e. The van der Waals surface area contributed by atoms with E-state index in [1.165, 1.54) is 30.6 Å². The average molecular weight is 350 g/mol. The fourth-order valence-corrected chi connectivity index (χ4v) is 4.03. The highest BCUT2D eigenvalue weighted by molar-refractivity contribution is 9.10. The third kappa shape index (κ3) is 2.53. The van der Waals surface area contributed by atoms with E-state index in [1.807, 2.05) is 0 Å². The third-order valence-corrected chi connectivity index (χ3v) is 5.01. The van der Waals surface area contributed by atoms with Crippen molar-refractivity contribution in [3.63, 3.8) is 0 Å². The maximum atomic E-state index is 5.04. The van der Waals surface area contributed by atoms with E-state index in [9.17, 15) is 0 Å². The molecule has 3 rings (SSSR count). The van der Waals surface area contributed by atoms with Crippen LogP contribution in [0, 0.1) is 0 Å². The van der Waals surface area contributed by atoms with Gasteiger partial charge >= 0.3 is 0 Å². The van der Waals surface area contributed by atoms with Crippen molar-refractivity contribution < 1.29 is 0 Å². The summed E-state index contributed by atoms with van der Waals surface area (Å²) in [6, 6.07) is 6.85. The summed E-state index contributed by atoms with van der Waals surface area (Å²) >= 11 is 3.57. The Kier molecular flexibility index (Phi) is 4.10. The smallest absolute Gasteiger partial charge is 0.130 e. The van der Waals surface area contributed by atoms with Gasteiger partial charge in [0, 0.05) is 10.5 Å². The fourth-order valence-electron chi connectivity index (χ4n) is 3.68. The van der Waals surface area contributed by atoms with Gasteiger partial charge in [-0.25, -0.2) is 4.98 Å². The zero-order valence-corrected chi connectivity index (χ0v) is 14.7. The van der Waals surface area contributed by atoms with E-state index >= 15 is 0 Å². The van der Waals surface area contributed by atoms with Crippen molar-refractivity contribution in [3.05, 3.63) is 28.5 Å². The number of hydrogen-bond donors (Lipinski definition) is 1. The first-order valence-corrected chi connectivity index (χ1v) is 8.80. The molecule has 1 saturated heterocycles. The van der Waals surface area contributed by atoms with Crippen LogP contribution in [0.4, 0.5) is 0 Å². The van der Waals surface area contributed by atoms with Crippen LogP contribution < -0.4 is 5.32 Å². The van der Waals surface area contributed by atoms with E-state index in [2.05, 4.69) is 64.8 Å². The van der Waals surface area contributed by atoms with E-state index in [1.54, 1.807) is 0 Å². The molecule has 3 nitrogen and oxygen atoms in total.